The Balaban J connectivity index is 1.92. The van der Waals surface area contributed by atoms with Crippen LogP contribution in [0.5, 0.6) is 11.5 Å². The van der Waals surface area contributed by atoms with Gasteiger partial charge in [0.2, 0.25) is 0 Å². The van der Waals surface area contributed by atoms with Gasteiger partial charge in [0, 0.05) is 35.0 Å². The molecule has 2 rings (SSSR count). The summed E-state index contributed by atoms with van der Waals surface area (Å²) in [4.78, 5) is 23.5. The number of phenols is 1. The Bertz CT molecular complexity index is 926. The quantitative estimate of drug-likeness (QED) is 0.227. The zero-order chi connectivity index (χ0) is 22.1. The molecule has 0 spiro atoms. The molecule has 5 nitrogen and oxygen atoms in total. The average molecular weight is 448 g/mol. The minimum absolute atomic E-state index is 0.0444. The van der Waals surface area contributed by atoms with Crippen LogP contribution in [0.4, 0.5) is 0 Å². The molecule has 0 aliphatic carbocycles. The Labute approximate surface area is 185 Å². The Hall–Kier alpha value is -2.44. The summed E-state index contributed by atoms with van der Waals surface area (Å²) in [6, 6.07) is 8.47. The zero-order valence-electron chi connectivity index (χ0n) is 16.8. The van der Waals surface area contributed by atoms with Crippen molar-refractivity contribution < 1.29 is 24.5 Å². The minimum Gasteiger partial charge on any atom is -0.550 e. The van der Waals surface area contributed by atoms with E-state index in [0.717, 1.165) is 17.1 Å². The molecular weight excluding hydrogens is 424 g/mol. The fourth-order valence-electron chi connectivity index (χ4n) is 2.87. The number of allylic oxidation sites excluding steroid dienone is 1. The monoisotopic (exact) mass is 447 g/mol. The first kappa shape index (κ1) is 23.8. The maximum atomic E-state index is 12.0. The zero-order valence-corrected chi connectivity index (χ0v) is 18.4. The van der Waals surface area contributed by atoms with Gasteiger partial charge in [-0.1, -0.05) is 30.7 Å². The summed E-state index contributed by atoms with van der Waals surface area (Å²) in [5, 5.41) is 21.6. The predicted molar refractivity (Wildman–Crippen MR) is 118 cm³/mol. The van der Waals surface area contributed by atoms with Crippen molar-refractivity contribution in [3.8, 4) is 11.5 Å². The predicted octanol–water partition coefficient (Wildman–Crippen LogP) is 4.22. The summed E-state index contributed by atoms with van der Waals surface area (Å²) >= 11 is 7.77. The average Bonchev–Trinajstić information content (AvgIpc) is 2.70. The number of carboxylic acid groups (broad SMARTS) is 1. The van der Waals surface area contributed by atoms with Crippen LogP contribution >= 0.6 is 23.4 Å². The van der Waals surface area contributed by atoms with Crippen LogP contribution in [0.15, 0.2) is 47.9 Å². The van der Waals surface area contributed by atoms with Gasteiger partial charge in [-0.3, -0.25) is 4.79 Å². The maximum absolute atomic E-state index is 12.0. The van der Waals surface area contributed by atoms with Gasteiger partial charge in [-0.2, -0.15) is 0 Å². The molecule has 1 N–H and O–H groups in total. The molecule has 7 heteroatoms. The second-order valence-corrected chi connectivity index (χ2v) is 8.12. The van der Waals surface area contributed by atoms with Crippen molar-refractivity contribution >= 4 is 35.1 Å². The number of aromatic hydroxyl groups is 1. The van der Waals surface area contributed by atoms with E-state index < -0.39 is 5.97 Å². The standard InChI is InChI=1S/C23H25ClO5S/c1-3-6-17-20(9-8-16(23(17)28)19(25)4-2)29-11-5-12-30-21-10-7-15(13-18(21)24)14-22(26)27/h3,7-10,13,28H,1,4-6,11-12,14H2,2H3,(H,26,27)/p-1. The highest BCUT2D eigenvalue weighted by molar-refractivity contribution is 7.99. The summed E-state index contributed by atoms with van der Waals surface area (Å²) in [5.74, 6) is -0.0259. The van der Waals surface area contributed by atoms with E-state index in [9.17, 15) is 19.8 Å². The Morgan fingerprint density at radius 3 is 2.70 bits per heavy atom. The SMILES string of the molecule is C=CCc1c(OCCCSc2ccc(CC(=O)[O-])cc2Cl)ccc(C(=O)CC)c1O. The third kappa shape index (κ3) is 6.54. The second kappa shape index (κ2) is 11.7. The van der Waals surface area contributed by atoms with E-state index in [1.54, 1.807) is 55.1 Å². The normalized spacial score (nSPS) is 10.6. The molecule has 0 fully saturated rings. The summed E-state index contributed by atoms with van der Waals surface area (Å²) in [6.45, 7) is 5.88. The number of ketones is 1. The molecule has 2 aromatic rings. The molecule has 0 saturated heterocycles. The molecule has 0 aliphatic heterocycles. The number of carbonyl (C=O) groups is 2. The van der Waals surface area contributed by atoms with Gasteiger partial charge >= 0.3 is 0 Å². The maximum Gasteiger partial charge on any atom is 0.166 e. The van der Waals surface area contributed by atoms with Gasteiger partial charge in [0.15, 0.2) is 5.78 Å². The molecule has 2 aromatic carbocycles. The van der Waals surface area contributed by atoms with Crippen molar-refractivity contribution in [3.63, 3.8) is 0 Å². The lowest BCUT2D eigenvalue weighted by molar-refractivity contribution is -0.304. The van der Waals surface area contributed by atoms with Crippen LogP contribution in [0.25, 0.3) is 0 Å². The molecule has 0 bridgehead atoms. The van der Waals surface area contributed by atoms with Crippen molar-refractivity contribution in [3.05, 3.63) is 64.7 Å². The van der Waals surface area contributed by atoms with Crippen LogP contribution in [0, 0.1) is 0 Å². The first-order valence-corrected chi connectivity index (χ1v) is 11.0. The van der Waals surface area contributed by atoms with Crippen LogP contribution in [0.3, 0.4) is 0 Å². The largest absolute Gasteiger partial charge is 0.550 e. The van der Waals surface area contributed by atoms with Crippen molar-refractivity contribution in [1.29, 1.82) is 0 Å². The van der Waals surface area contributed by atoms with E-state index in [4.69, 9.17) is 16.3 Å². The topological polar surface area (TPSA) is 86.7 Å². The molecule has 0 atom stereocenters. The number of aliphatic carboxylic acids is 1. The van der Waals surface area contributed by atoms with Gasteiger partial charge < -0.3 is 19.7 Å². The molecule has 0 amide bonds. The van der Waals surface area contributed by atoms with Crippen molar-refractivity contribution in [2.24, 2.45) is 0 Å². The van der Waals surface area contributed by atoms with Crippen molar-refractivity contribution in [2.45, 2.75) is 37.5 Å². The van der Waals surface area contributed by atoms with Crippen molar-refractivity contribution in [2.75, 3.05) is 12.4 Å². The minimum atomic E-state index is -1.14. The van der Waals surface area contributed by atoms with E-state index in [1.165, 1.54) is 0 Å². The smallest absolute Gasteiger partial charge is 0.166 e. The lowest BCUT2D eigenvalue weighted by Crippen LogP contribution is -2.24. The number of ether oxygens (including phenoxy) is 1. The van der Waals surface area contributed by atoms with Crippen LogP contribution in [0.1, 0.15) is 41.3 Å². The highest BCUT2D eigenvalue weighted by Crippen LogP contribution is 2.33. The molecule has 0 radical (unpaired) electrons. The number of hydrogen-bond acceptors (Lipinski definition) is 6. The number of benzene rings is 2. The summed E-state index contributed by atoms with van der Waals surface area (Å²) < 4.78 is 5.83. The number of phenolic OH excluding ortho intramolecular Hbond substituents is 1. The number of rotatable bonds is 12. The van der Waals surface area contributed by atoms with E-state index >= 15 is 0 Å². The highest BCUT2D eigenvalue weighted by atomic mass is 35.5. The molecular formula is C23H24ClO5S-. The van der Waals surface area contributed by atoms with Gasteiger partial charge in [-0.25, -0.2) is 0 Å². The molecule has 30 heavy (non-hydrogen) atoms. The van der Waals surface area contributed by atoms with Crippen LogP contribution in [-0.4, -0.2) is 29.2 Å². The Morgan fingerprint density at radius 1 is 1.30 bits per heavy atom. The van der Waals surface area contributed by atoms with E-state index in [0.29, 0.717) is 46.9 Å². The molecule has 0 aromatic heterocycles. The van der Waals surface area contributed by atoms with E-state index in [2.05, 4.69) is 6.58 Å². The van der Waals surface area contributed by atoms with Gasteiger partial charge in [0.25, 0.3) is 0 Å². The first-order chi connectivity index (χ1) is 14.4. The molecule has 160 valence electrons. The fraction of sp³-hybridized carbons (Fsp3) is 0.304. The number of carbonyl (C=O) groups excluding carboxylic acids is 2. The van der Waals surface area contributed by atoms with E-state index in [1.807, 2.05) is 0 Å². The van der Waals surface area contributed by atoms with Crippen LogP contribution < -0.4 is 9.84 Å². The summed E-state index contributed by atoms with van der Waals surface area (Å²) in [5.41, 5.74) is 1.46. The summed E-state index contributed by atoms with van der Waals surface area (Å²) in [6.07, 6.45) is 2.93. The molecule has 0 heterocycles. The third-order valence-corrected chi connectivity index (χ3v) is 5.94. The van der Waals surface area contributed by atoms with Crippen LogP contribution in [-0.2, 0) is 17.6 Å². The number of thioether (sulfide) groups is 1. The van der Waals surface area contributed by atoms with Gasteiger partial charge in [0.05, 0.1) is 17.2 Å². The number of halogens is 1. The summed E-state index contributed by atoms with van der Waals surface area (Å²) in [7, 11) is 0. The van der Waals surface area contributed by atoms with Gasteiger partial charge in [0.1, 0.15) is 11.5 Å². The van der Waals surface area contributed by atoms with Crippen molar-refractivity contribution in [1.82, 2.24) is 0 Å². The Kier molecular flexibility index (Phi) is 9.27. The van der Waals surface area contributed by atoms with Gasteiger partial charge in [-0.05, 0) is 42.7 Å². The van der Waals surface area contributed by atoms with Gasteiger partial charge in [-0.15, -0.1) is 18.3 Å². The highest BCUT2D eigenvalue weighted by Gasteiger charge is 2.16. The van der Waals surface area contributed by atoms with E-state index in [-0.39, 0.29) is 18.0 Å². The van der Waals surface area contributed by atoms with Crippen LogP contribution in [0.2, 0.25) is 5.02 Å². The Morgan fingerprint density at radius 2 is 2.07 bits per heavy atom. The third-order valence-electron chi connectivity index (χ3n) is 4.36. The lowest BCUT2D eigenvalue weighted by atomic mass is 10.0. The molecule has 0 saturated carbocycles. The second-order valence-electron chi connectivity index (χ2n) is 6.57. The fourth-order valence-corrected chi connectivity index (χ4v) is 4.08. The molecule has 0 aliphatic rings. The first-order valence-electron chi connectivity index (χ1n) is 9.60. The number of carboxylic acids is 1. The number of hydrogen-bond donors (Lipinski definition) is 1. The number of Topliss-reactive ketones (excluding diaryl/α,β-unsaturated/α-hetero) is 1. The molecule has 0 unspecified atom stereocenters. The lowest BCUT2D eigenvalue weighted by Gasteiger charge is -2.14.